The molecular weight excluding hydrogens is 252 g/mol. The molecule has 4 heteroatoms. The molecule has 0 atom stereocenters. The minimum Gasteiger partial charge on any atom is -0.762 e. The average molecular weight is 265 g/mol. The Morgan fingerprint density at radius 3 is 2.75 bits per heavy atom. The number of nitriles is 1. The molecule has 0 saturated heterocycles. The van der Waals surface area contributed by atoms with Gasteiger partial charge in [0.2, 0.25) is 0 Å². The van der Waals surface area contributed by atoms with E-state index in [1.165, 1.54) is 6.08 Å². The predicted molar refractivity (Wildman–Crippen MR) is 75.8 cm³/mol. The molecule has 1 aromatic carbocycles. The monoisotopic (exact) mass is 265 g/mol. The molecule has 0 N–H and O–H groups in total. The van der Waals surface area contributed by atoms with Crippen molar-refractivity contribution in [2.75, 3.05) is 0 Å². The number of benzene rings is 1. The first-order chi connectivity index (χ1) is 9.39. The lowest BCUT2D eigenvalue weighted by Crippen LogP contribution is -2.39. The zero-order valence-corrected chi connectivity index (χ0v) is 11.5. The molecule has 0 bridgehead atoms. The quantitative estimate of drug-likeness (QED) is 0.445. The number of allylic oxidation sites excluding steroid dienone is 2. The lowest BCUT2D eigenvalue weighted by molar-refractivity contribution is 0.0856. The van der Waals surface area contributed by atoms with Gasteiger partial charge < -0.3 is 10.1 Å². The van der Waals surface area contributed by atoms with Crippen molar-refractivity contribution in [3.63, 3.8) is 0 Å². The summed E-state index contributed by atoms with van der Waals surface area (Å²) in [6.07, 6.45) is 1.31. The topological polar surface area (TPSA) is 72.4 Å². The van der Waals surface area contributed by atoms with Crippen LogP contribution >= 0.6 is 0 Å². The van der Waals surface area contributed by atoms with Gasteiger partial charge in [-0.25, -0.2) is 0 Å². The largest absolute Gasteiger partial charge is 0.762 e. The molecule has 2 rings (SSSR count). The van der Waals surface area contributed by atoms with E-state index in [0.29, 0.717) is 16.9 Å². The maximum atomic E-state index is 12.6. The van der Waals surface area contributed by atoms with Crippen LogP contribution in [0.2, 0.25) is 0 Å². The van der Waals surface area contributed by atoms with Crippen LogP contribution in [-0.4, -0.2) is 17.3 Å². The highest BCUT2D eigenvalue weighted by molar-refractivity contribution is 6.13. The number of carbonyl (C=O) groups excluding carboxylic acids is 1. The van der Waals surface area contributed by atoms with Crippen LogP contribution in [0.4, 0.5) is 0 Å². The minimum atomic E-state index is -0.877. The van der Waals surface area contributed by atoms with E-state index in [1.54, 1.807) is 37.9 Å². The fourth-order valence-electron chi connectivity index (χ4n) is 2.13. The van der Waals surface area contributed by atoms with Crippen LogP contribution in [-0.2, 0) is 0 Å². The molecule has 4 nitrogen and oxygen atoms in total. The Labute approximate surface area is 117 Å². The average Bonchev–Trinajstić information content (AvgIpc) is 2.40. The normalized spacial score (nSPS) is 17.7. The molecule has 0 aromatic heterocycles. The van der Waals surface area contributed by atoms with E-state index in [4.69, 9.17) is 15.4 Å². The van der Waals surface area contributed by atoms with Crippen molar-refractivity contribution in [1.82, 2.24) is 0 Å². The number of ether oxygens (including phenoxy) is 1. The Hall–Kier alpha value is -2.63. The maximum absolute atomic E-state index is 12.6. The molecule has 1 aromatic rings. The van der Waals surface area contributed by atoms with Crippen molar-refractivity contribution in [1.29, 1.82) is 5.26 Å². The number of aryl methyl sites for hydroxylation is 1. The minimum absolute atomic E-state index is 0.110. The van der Waals surface area contributed by atoms with Gasteiger partial charge in [0.1, 0.15) is 17.4 Å². The smallest absolute Gasteiger partial charge is 0.196 e. The van der Waals surface area contributed by atoms with Crippen LogP contribution in [0.3, 0.4) is 0 Å². The number of rotatable bonds is 1. The van der Waals surface area contributed by atoms with E-state index in [9.17, 15) is 4.79 Å². The van der Waals surface area contributed by atoms with Crippen molar-refractivity contribution in [2.45, 2.75) is 26.4 Å². The van der Waals surface area contributed by atoms with Gasteiger partial charge in [0.15, 0.2) is 5.78 Å². The van der Waals surface area contributed by atoms with E-state index in [2.05, 4.69) is 0 Å². The second-order valence-electron chi connectivity index (χ2n) is 5.14. The Morgan fingerprint density at radius 2 is 2.15 bits per heavy atom. The van der Waals surface area contributed by atoms with Gasteiger partial charge >= 0.3 is 0 Å². The third-order valence-corrected chi connectivity index (χ3v) is 3.17. The highest BCUT2D eigenvalue weighted by Crippen LogP contribution is 2.37. The van der Waals surface area contributed by atoms with Crippen LogP contribution in [0.1, 0.15) is 29.8 Å². The van der Waals surface area contributed by atoms with Crippen LogP contribution in [0, 0.1) is 18.3 Å². The molecular formula is C16H13N2O2-. The number of fused-ring (bicyclic) bond motifs is 1. The Balaban J connectivity index is 2.64. The summed E-state index contributed by atoms with van der Waals surface area (Å²) >= 11 is 0. The summed E-state index contributed by atoms with van der Waals surface area (Å²) in [5.74, 6) is 2.08. The first-order valence-electron chi connectivity index (χ1n) is 6.12. The van der Waals surface area contributed by atoms with E-state index in [-0.39, 0.29) is 11.4 Å². The highest BCUT2D eigenvalue weighted by Gasteiger charge is 2.37. The van der Waals surface area contributed by atoms with Crippen LogP contribution in [0.15, 0.2) is 35.4 Å². The summed E-state index contributed by atoms with van der Waals surface area (Å²) in [5, 5.41) is 17.7. The second-order valence-corrected chi connectivity index (χ2v) is 5.14. The van der Waals surface area contributed by atoms with Gasteiger partial charge in [-0.3, -0.25) is 10.7 Å². The third-order valence-electron chi connectivity index (χ3n) is 3.17. The number of nitrogens with zero attached hydrogens (tertiary/aromatic N) is 2. The molecule has 0 unspecified atom stereocenters. The summed E-state index contributed by atoms with van der Waals surface area (Å²) in [6, 6.07) is 7.15. The van der Waals surface area contributed by atoms with Crippen LogP contribution < -0.4 is 4.74 Å². The SMILES string of the molecule is Cc1ccc2c(c1)C(=O)/C(=C\C(=C=[N-])C#N)C(C)(C)O2. The third kappa shape index (κ3) is 2.27. The van der Waals surface area contributed by atoms with Crippen molar-refractivity contribution in [2.24, 2.45) is 0 Å². The Kier molecular flexibility index (Phi) is 3.31. The van der Waals surface area contributed by atoms with Gasteiger partial charge in [0.25, 0.3) is 0 Å². The summed E-state index contributed by atoms with van der Waals surface area (Å²) in [4.78, 5) is 12.6. The first kappa shape index (κ1) is 13.8. The molecule has 1 heterocycles. The molecule has 1 aliphatic rings. The molecule has 0 spiro atoms. The predicted octanol–water partition coefficient (Wildman–Crippen LogP) is 2.96. The molecule has 100 valence electrons. The van der Waals surface area contributed by atoms with Crippen LogP contribution in [0.5, 0.6) is 5.75 Å². The zero-order chi connectivity index (χ0) is 14.9. The van der Waals surface area contributed by atoms with Crippen molar-refractivity contribution in [3.05, 3.63) is 52.0 Å². The van der Waals surface area contributed by atoms with E-state index >= 15 is 0 Å². The van der Waals surface area contributed by atoms with E-state index < -0.39 is 5.60 Å². The summed E-state index contributed by atoms with van der Waals surface area (Å²) in [6.45, 7) is 5.37. The fraction of sp³-hybridized carbons (Fsp3) is 0.250. The molecule has 20 heavy (non-hydrogen) atoms. The molecule has 0 radical (unpaired) electrons. The maximum Gasteiger partial charge on any atom is 0.196 e. The van der Waals surface area contributed by atoms with E-state index in [1.807, 2.05) is 13.0 Å². The molecule has 0 fully saturated rings. The molecule has 0 amide bonds. The Bertz CT molecular complexity index is 714. The number of hydrogen-bond donors (Lipinski definition) is 0. The fourth-order valence-corrected chi connectivity index (χ4v) is 2.13. The zero-order valence-electron chi connectivity index (χ0n) is 11.5. The summed E-state index contributed by atoms with van der Waals surface area (Å²) in [5.41, 5.74) is 0.739. The number of carbonyl (C=O) groups is 1. The lowest BCUT2D eigenvalue weighted by Gasteiger charge is -2.34. The van der Waals surface area contributed by atoms with Crippen molar-refractivity contribution >= 4 is 11.7 Å². The van der Waals surface area contributed by atoms with Crippen molar-refractivity contribution in [3.8, 4) is 11.8 Å². The summed E-state index contributed by atoms with van der Waals surface area (Å²) < 4.78 is 5.83. The van der Waals surface area contributed by atoms with E-state index in [0.717, 1.165) is 5.56 Å². The van der Waals surface area contributed by atoms with Gasteiger partial charge in [-0.1, -0.05) is 11.6 Å². The standard InChI is InChI=1S/C16H13N2O2/c1-10-4-5-14-12(6-10)15(19)13(16(2,3)20-14)7-11(8-17)9-18/h4-7H,1-3H3/q-1/b13-7+. The molecule has 1 aliphatic heterocycles. The van der Waals surface area contributed by atoms with Gasteiger partial charge in [0.05, 0.1) is 11.1 Å². The first-order valence-corrected chi connectivity index (χ1v) is 6.12. The molecule has 0 aliphatic carbocycles. The number of Topliss-reactive ketones (excluding diaryl/α,β-unsaturated/α-hetero) is 1. The van der Waals surface area contributed by atoms with Gasteiger partial charge in [0, 0.05) is 5.57 Å². The Morgan fingerprint density at radius 1 is 1.45 bits per heavy atom. The van der Waals surface area contributed by atoms with Crippen LogP contribution in [0.25, 0.3) is 5.41 Å². The van der Waals surface area contributed by atoms with Gasteiger partial charge in [-0.15, -0.1) is 0 Å². The molecule has 0 saturated carbocycles. The second kappa shape index (κ2) is 4.80. The van der Waals surface area contributed by atoms with Gasteiger partial charge in [-0.05, 0) is 39.0 Å². The number of ketones is 1. The lowest BCUT2D eigenvalue weighted by atomic mass is 9.85. The van der Waals surface area contributed by atoms with Gasteiger partial charge in [-0.2, -0.15) is 5.26 Å². The highest BCUT2D eigenvalue weighted by atomic mass is 16.5. The van der Waals surface area contributed by atoms with Crippen molar-refractivity contribution < 1.29 is 9.53 Å². The summed E-state index contributed by atoms with van der Waals surface area (Å²) in [7, 11) is 0. The number of hydrogen-bond acceptors (Lipinski definition) is 3.